The number of rotatable bonds is 6. The van der Waals surface area contributed by atoms with E-state index in [-0.39, 0.29) is 0 Å². The molecular formula is C11H21NO. The van der Waals surface area contributed by atoms with Gasteiger partial charge < -0.3 is 4.84 Å². The molecule has 0 N–H and O–H groups in total. The average Bonchev–Trinajstić information content (AvgIpc) is 2.21. The Hall–Kier alpha value is -0.970. The van der Waals surface area contributed by atoms with E-state index in [4.69, 9.17) is 4.84 Å². The SMILES string of the molecule is C#C.C/C=N/O[C@@H](CC)CCCC. The first-order valence-corrected chi connectivity index (χ1v) is 4.82. The molecule has 0 rings (SSSR count). The summed E-state index contributed by atoms with van der Waals surface area (Å²) in [6.07, 6.45) is 14.7. The monoisotopic (exact) mass is 183 g/mol. The van der Waals surface area contributed by atoms with Crippen LogP contribution in [0.1, 0.15) is 46.5 Å². The molecule has 0 heterocycles. The Morgan fingerprint density at radius 1 is 1.38 bits per heavy atom. The smallest absolute Gasteiger partial charge is 0.127 e. The maximum Gasteiger partial charge on any atom is 0.127 e. The van der Waals surface area contributed by atoms with Crippen LogP contribution in [0, 0.1) is 12.8 Å². The van der Waals surface area contributed by atoms with Crippen LogP contribution in [0.2, 0.25) is 0 Å². The highest BCUT2D eigenvalue weighted by Crippen LogP contribution is 2.08. The van der Waals surface area contributed by atoms with Crippen molar-refractivity contribution in [3.8, 4) is 12.8 Å². The van der Waals surface area contributed by atoms with E-state index >= 15 is 0 Å². The van der Waals surface area contributed by atoms with E-state index in [2.05, 4.69) is 31.8 Å². The predicted molar refractivity (Wildman–Crippen MR) is 58.7 cm³/mol. The minimum Gasteiger partial charge on any atom is -0.393 e. The standard InChI is InChI=1S/C9H19NO.C2H2/c1-4-7-8-9(5-2)11-10-6-3;1-2/h6,9H,4-5,7-8H2,1-3H3;1-2H/b10-6+;/t9-;/m0./s1. The van der Waals surface area contributed by atoms with E-state index in [0.717, 1.165) is 12.8 Å². The summed E-state index contributed by atoms with van der Waals surface area (Å²) in [5.41, 5.74) is 0. The van der Waals surface area contributed by atoms with Crippen LogP contribution in [-0.4, -0.2) is 12.3 Å². The summed E-state index contributed by atoms with van der Waals surface area (Å²) in [6.45, 7) is 6.19. The van der Waals surface area contributed by atoms with Gasteiger partial charge >= 0.3 is 0 Å². The zero-order chi connectivity index (χ0) is 10.5. The van der Waals surface area contributed by atoms with Gasteiger partial charge in [0.25, 0.3) is 0 Å². The van der Waals surface area contributed by atoms with E-state index in [0.29, 0.717) is 6.10 Å². The van der Waals surface area contributed by atoms with Crippen molar-refractivity contribution in [2.24, 2.45) is 5.16 Å². The molecule has 0 aliphatic carbocycles. The van der Waals surface area contributed by atoms with Gasteiger partial charge in [0, 0.05) is 6.21 Å². The van der Waals surface area contributed by atoms with Crippen molar-refractivity contribution in [2.45, 2.75) is 52.6 Å². The topological polar surface area (TPSA) is 21.6 Å². The second-order valence-electron chi connectivity index (χ2n) is 2.64. The van der Waals surface area contributed by atoms with Crippen molar-refractivity contribution in [3.05, 3.63) is 0 Å². The highest BCUT2D eigenvalue weighted by Gasteiger charge is 2.04. The van der Waals surface area contributed by atoms with Crippen LogP contribution in [0.25, 0.3) is 0 Å². The highest BCUT2D eigenvalue weighted by molar-refractivity contribution is 5.52. The Morgan fingerprint density at radius 3 is 2.38 bits per heavy atom. The molecule has 2 nitrogen and oxygen atoms in total. The van der Waals surface area contributed by atoms with Crippen LogP contribution >= 0.6 is 0 Å². The van der Waals surface area contributed by atoms with Crippen LogP contribution in [0.3, 0.4) is 0 Å². The third-order valence-corrected chi connectivity index (χ3v) is 1.65. The van der Waals surface area contributed by atoms with Gasteiger partial charge in [-0.3, -0.25) is 0 Å². The van der Waals surface area contributed by atoms with Crippen molar-refractivity contribution in [3.63, 3.8) is 0 Å². The Kier molecular flexibility index (Phi) is 15.2. The Balaban J connectivity index is 0. The number of hydrogen-bond acceptors (Lipinski definition) is 2. The molecule has 0 aromatic rings. The Labute approximate surface area is 82.4 Å². The lowest BCUT2D eigenvalue weighted by Gasteiger charge is -2.11. The van der Waals surface area contributed by atoms with Gasteiger partial charge in [-0.15, -0.1) is 12.8 Å². The molecule has 0 unspecified atom stereocenters. The largest absolute Gasteiger partial charge is 0.393 e. The van der Waals surface area contributed by atoms with Gasteiger partial charge in [-0.25, -0.2) is 0 Å². The van der Waals surface area contributed by atoms with Gasteiger partial charge in [0.1, 0.15) is 6.10 Å². The first kappa shape index (κ1) is 14.5. The van der Waals surface area contributed by atoms with Crippen LogP contribution in [0.4, 0.5) is 0 Å². The van der Waals surface area contributed by atoms with Gasteiger partial charge in [-0.05, 0) is 26.2 Å². The van der Waals surface area contributed by atoms with Gasteiger partial charge in [0.05, 0.1) is 0 Å². The number of unbranched alkanes of at least 4 members (excludes halogenated alkanes) is 1. The molecule has 76 valence electrons. The zero-order valence-electron chi connectivity index (χ0n) is 8.99. The molecule has 13 heavy (non-hydrogen) atoms. The van der Waals surface area contributed by atoms with Crippen molar-refractivity contribution in [2.75, 3.05) is 0 Å². The minimum atomic E-state index is 0.325. The fraction of sp³-hybridized carbons (Fsp3) is 0.727. The van der Waals surface area contributed by atoms with Crippen molar-refractivity contribution in [1.82, 2.24) is 0 Å². The fourth-order valence-electron chi connectivity index (χ4n) is 0.910. The van der Waals surface area contributed by atoms with Gasteiger partial charge in [-0.1, -0.05) is 25.4 Å². The van der Waals surface area contributed by atoms with Crippen LogP contribution in [0.15, 0.2) is 5.16 Å². The Bertz CT molecular complexity index is 129. The lowest BCUT2D eigenvalue weighted by atomic mass is 10.1. The molecule has 0 bridgehead atoms. The normalized spacial score (nSPS) is 11.8. The van der Waals surface area contributed by atoms with Crippen molar-refractivity contribution in [1.29, 1.82) is 0 Å². The molecule has 0 amide bonds. The Morgan fingerprint density at radius 2 is 2.00 bits per heavy atom. The molecule has 1 atom stereocenters. The van der Waals surface area contributed by atoms with Gasteiger partial charge in [-0.2, -0.15) is 0 Å². The molecule has 0 aliphatic rings. The first-order valence-electron chi connectivity index (χ1n) is 4.82. The first-order chi connectivity index (χ1) is 6.35. The minimum absolute atomic E-state index is 0.325. The molecule has 0 radical (unpaired) electrons. The number of nitrogens with zero attached hydrogens (tertiary/aromatic N) is 1. The molecule has 0 aliphatic heterocycles. The highest BCUT2D eigenvalue weighted by atomic mass is 16.6. The van der Waals surface area contributed by atoms with Crippen LogP contribution < -0.4 is 0 Å². The maximum atomic E-state index is 5.21. The summed E-state index contributed by atoms with van der Waals surface area (Å²) in [5, 5.41) is 3.77. The molecule has 0 aromatic carbocycles. The van der Waals surface area contributed by atoms with Gasteiger partial charge in [0.15, 0.2) is 0 Å². The third-order valence-electron chi connectivity index (χ3n) is 1.65. The van der Waals surface area contributed by atoms with E-state index in [1.54, 1.807) is 6.21 Å². The lowest BCUT2D eigenvalue weighted by Crippen LogP contribution is -2.07. The average molecular weight is 183 g/mol. The maximum absolute atomic E-state index is 5.21. The van der Waals surface area contributed by atoms with E-state index < -0.39 is 0 Å². The van der Waals surface area contributed by atoms with E-state index in [1.807, 2.05) is 6.92 Å². The van der Waals surface area contributed by atoms with E-state index in [9.17, 15) is 0 Å². The quantitative estimate of drug-likeness (QED) is 0.352. The number of oxime groups is 1. The van der Waals surface area contributed by atoms with Crippen LogP contribution in [-0.2, 0) is 4.84 Å². The number of hydrogen-bond donors (Lipinski definition) is 0. The lowest BCUT2D eigenvalue weighted by molar-refractivity contribution is 0.0497. The summed E-state index contributed by atoms with van der Waals surface area (Å²) >= 11 is 0. The molecule has 2 heteroatoms. The number of terminal acetylenes is 1. The summed E-state index contributed by atoms with van der Waals surface area (Å²) in [4.78, 5) is 5.21. The molecule has 0 saturated heterocycles. The predicted octanol–water partition coefficient (Wildman–Crippen LogP) is 3.23. The summed E-state index contributed by atoms with van der Waals surface area (Å²) in [7, 11) is 0. The van der Waals surface area contributed by atoms with Crippen molar-refractivity contribution < 1.29 is 4.84 Å². The van der Waals surface area contributed by atoms with Crippen molar-refractivity contribution >= 4 is 6.21 Å². The second-order valence-corrected chi connectivity index (χ2v) is 2.64. The summed E-state index contributed by atoms with van der Waals surface area (Å²) < 4.78 is 0. The molecule has 0 saturated carbocycles. The fourth-order valence-corrected chi connectivity index (χ4v) is 0.910. The summed E-state index contributed by atoms with van der Waals surface area (Å²) in [6, 6.07) is 0. The molecule has 0 spiro atoms. The van der Waals surface area contributed by atoms with Crippen LogP contribution in [0.5, 0.6) is 0 Å². The molecule has 0 fully saturated rings. The van der Waals surface area contributed by atoms with E-state index in [1.165, 1.54) is 12.8 Å². The molecular weight excluding hydrogens is 162 g/mol. The zero-order valence-corrected chi connectivity index (χ0v) is 8.99. The third kappa shape index (κ3) is 11.0. The summed E-state index contributed by atoms with van der Waals surface area (Å²) in [5.74, 6) is 0. The van der Waals surface area contributed by atoms with Gasteiger partial charge in [0.2, 0.25) is 0 Å². The molecule has 0 aromatic heterocycles. The second kappa shape index (κ2) is 13.6.